The van der Waals surface area contributed by atoms with Crippen molar-refractivity contribution in [1.29, 1.82) is 0 Å². The molecule has 2 aromatic carbocycles. The second-order valence-electron chi connectivity index (χ2n) is 7.85. The number of carbonyl (C=O) groups is 1. The predicted molar refractivity (Wildman–Crippen MR) is 121 cm³/mol. The number of rotatable bonds is 7. The van der Waals surface area contributed by atoms with E-state index in [-0.39, 0.29) is 29.6 Å². The highest BCUT2D eigenvalue weighted by Crippen LogP contribution is 2.26. The van der Waals surface area contributed by atoms with Gasteiger partial charge in [-0.15, -0.1) is 0 Å². The number of nitrogens with one attached hydrogen (secondary N) is 1. The number of carbonyl (C=O) groups excluding carboxylic acids is 1. The van der Waals surface area contributed by atoms with E-state index in [4.69, 9.17) is 4.74 Å². The Hall–Kier alpha value is -3.68. The molecule has 32 heavy (non-hydrogen) atoms. The zero-order valence-electron chi connectivity index (χ0n) is 18.3. The van der Waals surface area contributed by atoms with Gasteiger partial charge in [0.05, 0.1) is 25.5 Å². The number of ether oxygens (including phenoxy) is 1. The minimum atomic E-state index is -0.426. The Morgan fingerprint density at radius 2 is 1.97 bits per heavy atom. The molecule has 7 nitrogen and oxygen atoms in total. The van der Waals surface area contributed by atoms with Crippen LogP contribution < -0.4 is 15.6 Å². The maximum absolute atomic E-state index is 14.0. The van der Waals surface area contributed by atoms with Crippen LogP contribution in [0, 0.1) is 5.82 Å². The third kappa shape index (κ3) is 4.08. The molecule has 0 saturated heterocycles. The van der Waals surface area contributed by atoms with Crippen LogP contribution in [-0.4, -0.2) is 33.2 Å². The Bertz CT molecular complexity index is 1340. The number of halogens is 1. The van der Waals surface area contributed by atoms with Crippen LogP contribution in [0.3, 0.4) is 0 Å². The van der Waals surface area contributed by atoms with Crippen molar-refractivity contribution >= 4 is 27.8 Å². The highest BCUT2D eigenvalue weighted by Gasteiger charge is 2.19. The summed E-state index contributed by atoms with van der Waals surface area (Å²) in [5, 5.41) is 3.42. The monoisotopic (exact) mass is 436 g/mol. The highest BCUT2D eigenvalue weighted by atomic mass is 19.1. The van der Waals surface area contributed by atoms with E-state index in [1.54, 1.807) is 17.7 Å². The quantitative estimate of drug-likeness (QED) is 0.481. The summed E-state index contributed by atoms with van der Waals surface area (Å²) in [6, 6.07) is 11.7. The molecule has 8 heteroatoms. The second-order valence-corrected chi connectivity index (χ2v) is 7.85. The molecule has 1 N–H and O–H groups in total. The summed E-state index contributed by atoms with van der Waals surface area (Å²) in [5.74, 6) is 0.0846. The first-order chi connectivity index (χ1) is 15.4. The largest absolute Gasteiger partial charge is 0.497 e. The van der Waals surface area contributed by atoms with Crippen molar-refractivity contribution in [1.82, 2.24) is 19.4 Å². The zero-order chi connectivity index (χ0) is 22.8. The molecule has 0 saturated carbocycles. The minimum Gasteiger partial charge on any atom is -0.497 e. The molecular weight excluding hydrogens is 411 g/mol. The summed E-state index contributed by atoms with van der Waals surface area (Å²) in [5.41, 5.74) is 1.86. The SMILES string of the molecule is CC[C@@H](C)NC(=O)Cn1c2ccc(F)cc2c2ncn(Cc3ccc(OC)cc3)c(=O)c21. The van der Waals surface area contributed by atoms with Gasteiger partial charge < -0.3 is 14.6 Å². The molecule has 166 valence electrons. The van der Waals surface area contributed by atoms with Crippen LogP contribution in [0.15, 0.2) is 53.6 Å². The first-order valence-electron chi connectivity index (χ1n) is 10.5. The second kappa shape index (κ2) is 8.82. The van der Waals surface area contributed by atoms with Gasteiger partial charge in [-0.1, -0.05) is 19.1 Å². The lowest BCUT2D eigenvalue weighted by Gasteiger charge is -2.13. The normalized spacial score (nSPS) is 12.2. The Morgan fingerprint density at radius 1 is 1.22 bits per heavy atom. The molecule has 2 heterocycles. The average molecular weight is 436 g/mol. The van der Waals surface area contributed by atoms with Crippen molar-refractivity contribution in [2.45, 2.75) is 39.4 Å². The fraction of sp³-hybridized carbons (Fsp3) is 0.292. The van der Waals surface area contributed by atoms with Crippen molar-refractivity contribution in [2.75, 3.05) is 7.11 Å². The van der Waals surface area contributed by atoms with Crippen LogP contribution in [-0.2, 0) is 17.9 Å². The molecule has 0 aliphatic heterocycles. The topological polar surface area (TPSA) is 78.2 Å². The molecule has 4 aromatic rings. The number of hydrogen-bond donors (Lipinski definition) is 1. The van der Waals surface area contributed by atoms with Gasteiger partial charge in [0.15, 0.2) is 0 Å². The number of nitrogens with zero attached hydrogens (tertiary/aromatic N) is 3. The van der Waals surface area contributed by atoms with Gasteiger partial charge in [0.1, 0.15) is 29.1 Å². The van der Waals surface area contributed by atoms with E-state index in [0.29, 0.717) is 23.0 Å². The smallest absolute Gasteiger partial charge is 0.278 e. The average Bonchev–Trinajstić information content (AvgIpc) is 3.09. The van der Waals surface area contributed by atoms with E-state index in [9.17, 15) is 14.0 Å². The summed E-state index contributed by atoms with van der Waals surface area (Å²) in [6.45, 7) is 4.15. The van der Waals surface area contributed by atoms with Gasteiger partial charge in [0.2, 0.25) is 5.91 Å². The molecule has 0 fully saturated rings. The number of hydrogen-bond acceptors (Lipinski definition) is 4. The van der Waals surface area contributed by atoms with E-state index in [2.05, 4.69) is 10.3 Å². The summed E-state index contributed by atoms with van der Waals surface area (Å²) in [4.78, 5) is 30.5. The van der Waals surface area contributed by atoms with Crippen molar-refractivity contribution in [3.05, 3.63) is 70.5 Å². The lowest BCUT2D eigenvalue weighted by molar-refractivity contribution is -0.122. The van der Waals surface area contributed by atoms with Crippen molar-refractivity contribution in [3.8, 4) is 5.75 Å². The maximum Gasteiger partial charge on any atom is 0.278 e. The molecule has 0 unspecified atom stereocenters. The molecule has 0 bridgehead atoms. The van der Waals surface area contributed by atoms with E-state index in [1.807, 2.05) is 38.1 Å². The Kier molecular flexibility index (Phi) is 5.94. The van der Waals surface area contributed by atoms with Gasteiger partial charge in [-0.2, -0.15) is 0 Å². The third-order valence-corrected chi connectivity index (χ3v) is 5.62. The predicted octanol–water partition coefficient (Wildman–Crippen LogP) is 3.46. The molecular formula is C24H25FN4O3. The van der Waals surface area contributed by atoms with Crippen LogP contribution in [0.25, 0.3) is 21.9 Å². The molecule has 0 spiro atoms. The van der Waals surface area contributed by atoms with Gasteiger partial charge in [-0.3, -0.25) is 14.2 Å². The standard InChI is InChI=1S/C24H25FN4O3/c1-4-15(2)27-21(30)13-29-20-10-7-17(25)11-19(20)22-23(29)24(31)28(14-26-22)12-16-5-8-18(32-3)9-6-16/h5-11,14-15H,4,12-13H2,1-3H3,(H,27,30)/t15-/m1/s1. The summed E-state index contributed by atoms with van der Waals surface area (Å²) in [7, 11) is 1.59. The molecule has 0 aliphatic rings. The third-order valence-electron chi connectivity index (χ3n) is 5.62. The van der Waals surface area contributed by atoms with Crippen LogP contribution in [0.5, 0.6) is 5.75 Å². The lowest BCUT2D eigenvalue weighted by atomic mass is 10.2. The first-order valence-corrected chi connectivity index (χ1v) is 10.5. The Morgan fingerprint density at radius 3 is 2.66 bits per heavy atom. The zero-order valence-corrected chi connectivity index (χ0v) is 18.3. The highest BCUT2D eigenvalue weighted by molar-refractivity contribution is 6.06. The van der Waals surface area contributed by atoms with E-state index < -0.39 is 5.82 Å². The number of amides is 1. The fourth-order valence-electron chi connectivity index (χ4n) is 3.74. The van der Waals surface area contributed by atoms with Gasteiger partial charge in [0.25, 0.3) is 5.56 Å². The van der Waals surface area contributed by atoms with Gasteiger partial charge in [-0.05, 0) is 49.2 Å². The number of benzene rings is 2. The van der Waals surface area contributed by atoms with Crippen LogP contribution in [0.1, 0.15) is 25.8 Å². The molecule has 0 aliphatic carbocycles. The lowest BCUT2D eigenvalue weighted by Crippen LogP contribution is -2.35. The van der Waals surface area contributed by atoms with Crippen LogP contribution >= 0.6 is 0 Å². The van der Waals surface area contributed by atoms with Gasteiger partial charge in [-0.25, -0.2) is 9.37 Å². The van der Waals surface area contributed by atoms with E-state index in [0.717, 1.165) is 17.7 Å². The van der Waals surface area contributed by atoms with E-state index >= 15 is 0 Å². The molecule has 1 amide bonds. The summed E-state index contributed by atoms with van der Waals surface area (Å²) in [6.07, 6.45) is 2.25. The Balaban J connectivity index is 1.82. The van der Waals surface area contributed by atoms with Gasteiger partial charge in [0, 0.05) is 11.4 Å². The number of methoxy groups -OCH3 is 1. The summed E-state index contributed by atoms with van der Waals surface area (Å²) < 4.78 is 22.3. The fourth-order valence-corrected chi connectivity index (χ4v) is 3.74. The number of fused-ring (bicyclic) bond motifs is 3. The minimum absolute atomic E-state index is 0.0119. The maximum atomic E-state index is 14.0. The van der Waals surface area contributed by atoms with Crippen LogP contribution in [0.4, 0.5) is 4.39 Å². The number of aromatic nitrogens is 3. The van der Waals surface area contributed by atoms with Crippen LogP contribution in [0.2, 0.25) is 0 Å². The van der Waals surface area contributed by atoms with Crippen molar-refractivity contribution in [3.63, 3.8) is 0 Å². The first kappa shape index (κ1) is 21.5. The van der Waals surface area contributed by atoms with Gasteiger partial charge >= 0.3 is 0 Å². The van der Waals surface area contributed by atoms with Crippen molar-refractivity contribution < 1.29 is 13.9 Å². The molecule has 0 radical (unpaired) electrons. The van der Waals surface area contributed by atoms with E-state index in [1.165, 1.54) is 23.0 Å². The molecule has 1 atom stereocenters. The summed E-state index contributed by atoms with van der Waals surface area (Å²) >= 11 is 0. The van der Waals surface area contributed by atoms with Crippen molar-refractivity contribution in [2.24, 2.45) is 0 Å². The molecule has 2 aromatic heterocycles. The Labute approximate surface area is 184 Å². The molecule has 4 rings (SSSR count).